The van der Waals surface area contributed by atoms with E-state index < -0.39 is 12.7 Å². The standard InChI is InChI=1S/C40H56F3N6O6P.C17H17ClN4S/c1-31(50)44-16-20-52-22-24-54-26-27-55-25-23-53-21-17-46-39(51)29-48-18-13-33(14-19-48)47-37-7-4-8-38-36(37)28-34(49(38)30-40(41,42)43)6-5-15-45-32-9-11-35(12-10-32)56(2)3;1-9-10(2)23-17-15(9)16(12-4-6-13(18)7-5-12)21-8-14(20)22(17)11(3)19/h4,7-12,28,33,45,47H,13-27,29-30H2,1-3H3,(H,44,50)(H,46,51);4-7,19-20H,8H2,1-3H3. The number of alkyl halides is 3. The second-order valence-corrected chi connectivity index (χ2v) is 23.0. The Bertz CT molecular complexity index is 2920. The van der Waals surface area contributed by atoms with Crippen LogP contribution >= 0.6 is 30.9 Å². The molecule has 2 aromatic heterocycles. The van der Waals surface area contributed by atoms with Gasteiger partial charge in [0.2, 0.25) is 11.8 Å². The van der Waals surface area contributed by atoms with Crippen molar-refractivity contribution in [1.29, 1.82) is 10.8 Å². The van der Waals surface area contributed by atoms with Gasteiger partial charge in [0.25, 0.3) is 0 Å². The van der Waals surface area contributed by atoms with E-state index in [1.807, 2.05) is 42.5 Å². The van der Waals surface area contributed by atoms with Crippen molar-refractivity contribution in [1.82, 2.24) is 20.1 Å². The maximum Gasteiger partial charge on any atom is 0.406 e. The summed E-state index contributed by atoms with van der Waals surface area (Å²) in [4.78, 5) is 32.9. The number of aryl methyl sites for hydroxylation is 1. The number of hydrogen-bond acceptors (Lipinski definition) is 13. The number of nitrogens with one attached hydrogen (secondary N) is 6. The highest BCUT2D eigenvalue weighted by molar-refractivity contribution is 7.64. The number of carbonyl (C=O) groups excluding carboxylic acids is 2. The van der Waals surface area contributed by atoms with Gasteiger partial charge in [0.15, 0.2) is 0 Å². The lowest BCUT2D eigenvalue weighted by Crippen LogP contribution is -2.44. The molecule has 0 radical (unpaired) electrons. The number of thiophene rings is 1. The van der Waals surface area contributed by atoms with E-state index in [2.05, 4.69) is 82.3 Å². The van der Waals surface area contributed by atoms with Crippen LogP contribution in [-0.4, -0.2) is 163 Å². The van der Waals surface area contributed by atoms with Crippen molar-refractivity contribution in [2.45, 2.75) is 59.3 Å². The second kappa shape index (κ2) is 31.2. The summed E-state index contributed by atoms with van der Waals surface area (Å²) in [7, 11) is -0.190. The van der Waals surface area contributed by atoms with E-state index in [1.165, 1.54) is 21.7 Å². The molecule has 2 aliphatic rings. The predicted molar refractivity (Wildman–Crippen MR) is 316 cm³/mol. The van der Waals surface area contributed by atoms with Crippen molar-refractivity contribution in [2.75, 3.05) is 128 Å². The molecule has 5 aromatic rings. The van der Waals surface area contributed by atoms with Crippen LogP contribution in [0.2, 0.25) is 5.02 Å². The number of amidine groups is 2. The fourth-order valence-corrected chi connectivity index (χ4v) is 10.8. The molecule has 0 bridgehead atoms. The average Bonchev–Trinajstić information content (AvgIpc) is 4.07. The molecule has 0 saturated carbocycles. The molecule has 4 heterocycles. The number of carbonyl (C=O) groups is 2. The number of nitrogens with zero attached hydrogens (tertiary/aromatic N) is 4. The number of aromatic nitrogens is 1. The van der Waals surface area contributed by atoms with E-state index in [9.17, 15) is 22.8 Å². The van der Waals surface area contributed by atoms with Gasteiger partial charge in [-0.15, -0.1) is 11.3 Å². The van der Waals surface area contributed by atoms with E-state index in [4.69, 9.17) is 41.4 Å². The number of anilines is 3. The molecule has 16 nitrogen and oxygen atoms in total. The van der Waals surface area contributed by atoms with E-state index in [-0.39, 0.29) is 38.9 Å². The Kier molecular flexibility index (Phi) is 24.6. The zero-order valence-electron chi connectivity index (χ0n) is 45.8. The Morgan fingerprint density at radius 1 is 0.873 bits per heavy atom. The molecule has 6 N–H and O–H groups in total. The van der Waals surface area contributed by atoms with Gasteiger partial charge in [-0.2, -0.15) is 13.2 Å². The van der Waals surface area contributed by atoms with Crippen LogP contribution in [0.15, 0.2) is 77.8 Å². The first-order valence-electron chi connectivity index (χ1n) is 26.2. The van der Waals surface area contributed by atoms with E-state index in [0.717, 1.165) is 51.6 Å². The fourth-order valence-electron chi connectivity index (χ4n) is 8.73. The molecule has 79 heavy (non-hydrogen) atoms. The lowest BCUT2D eigenvalue weighted by atomic mass is 10.00. The molecule has 0 spiro atoms. The Morgan fingerprint density at radius 2 is 1.49 bits per heavy atom. The summed E-state index contributed by atoms with van der Waals surface area (Å²) in [6, 6.07) is 23.0. The number of amides is 2. The first kappa shape index (κ1) is 62.3. The molecule has 426 valence electrons. The summed E-state index contributed by atoms with van der Waals surface area (Å²) in [5.41, 5.74) is 6.48. The molecule has 1 fully saturated rings. The summed E-state index contributed by atoms with van der Waals surface area (Å²) in [5, 5.41) is 32.2. The van der Waals surface area contributed by atoms with E-state index in [1.54, 1.807) is 41.4 Å². The van der Waals surface area contributed by atoms with Gasteiger partial charge < -0.3 is 44.8 Å². The molecule has 3 aromatic carbocycles. The summed E-state index contributed by atoms with van der Waals surface area (Å²) < 4.78 is 64.1. The number of rotatable bonds is 24. The van der Waals surface area contributed by atoms with Crippen LogP contribution in [0.3, 0.4) is 0 Å². The Balaban J connectivity index is 0.000000361. The highest BCUT2D eigenvalue weighted by Gasteiger charge is 2.31. The SMILES string of the molecule is CC(=N)N1C(=N)CN=C(c2ccc(Cl)cc2)c2c1sc(C)c2C.CC(=O)NCCOCCOCCOCCOCCNC(=O)CN1CCC(Nc2cccc3c2cc(C#CCNc2ccc(P(C)C)cc2)n3CC(F)(F)F)CC1. The third-order valence-corrected chi connectivity index (χ3v) is 15.6. The Morgan fingerprint density at radius 3 is 2.09 bits per heavy atom. The minimum Gasteiger partial charge on any atom is -0.382 e. The van der Waals surface area contributed by atoms with Crippen LogP contribution in [0.1, 0.15) is 54.0 Å². The zero-order valence-corrected chi connectivity index (χ0v) is 48.3. The first-order chi connectivity index (χ1) is 37.9. The summed E-state index contributed by atoms with van der Waals surface area (Å²) in [6.45, 7) is 17.1. The quantitative estimate of drug-likeness (QED) is 0.0114. The van der Waals surface area contributed by atoms with Crippen molar-refractivity contribution in [2.24, 2.45) is 4.99 Å². The van der Waals surface area contributed by atoms with Gasteiger partial charge in [0.05, 0.1) is 89.4 Å². The maximum absolute atomic E-state index is 13.7. The maximum atomic E-state index is 13.7. The molecular formula is C57H73ClF3N10O6PS. The summed E-state index contributed by atoms with van der Waals surface area (Å²) in [5.74, 6) is 6.49. The van der Waals surface area contributed by atoms with Crippen LogP contribution in [0.25, 0.3) is 10.9 Å². The number of hydrogen-bond donors (Lipinski definition) is 6. The summed E-state index contributed by atoms with van der Waals surface area (Å²) in [6.07, 6.45) is -2.84. The number of piperidine rings is 1. The van der Waals surface area contributed by atoms with Crippen molar-refractivity contribution in [3.8, 4) is 11.8 Å². The third kappa shape index (κ3) is 19.7. The molecule has 0 atom stereocenters. The topological polar surface area (TPSA) is 191 Å². The van der Waals surface area contributed by atoms with Gasteiger partial charge in [-0.25, -0.2) is 0 Å². The minimum absolute atomic E-state index is 0.0724. The van der Waals surface area contributed by atoms with E-state index in [0.29, 0.717) is 119 Å². The molecule has 22 heteroatoms. The molecule has 7 rings (SSSR count). The molecule has 2 aliphatic heterocycles. The summed E-state index contributed by atoms with van der Waals surface area (Å²) >= 11 is 7.61. The van der Waals surface area contributed by atoms with Gasteiger partial charge in [-0.05, 0) is 106 Å². The van der Waals surface area contributed by atoms with Crippen LogP contribution < -0.4 is 31.5 Å². The van der Waals surface area contributed by atoms with E-state index >= 15 is 0 Å². The second-order valence-electron chi connectivity index (χ2n) is 19.0. The molecule has 0 aliphatic carbocycles. The molecule has 2 amide bonds. The van der Waals surface area contributed by atoms with Crippen molar-refractivity contribution >= 4 is 92.6 Å². The Labute approximate surface area is 471 Å². The highest BCUT2D eigenvalue weighted by atomic mass is 35.5. The number of aliphatic imine (C=N–C) groups is 1. The smallest absolute Gasteiger partial charge is 0.382 e. The number of likely N-dealkylation sites (tertiary alicyclic amines) is 1. The first-order valence-corrected chi connectivity index (χ1v) is 29.6. The van der Waals surface area contributed by atoms with Crippen molar-refractivity contribution in [3.63, 3.8) is 0 Å². The molecular weight excluding hydrogens is 1080 g/mol. The van der Waals surface area contributed by atoms with Crippen LogP contribution in [0.5, 0.6) is 0 Å². The number of ether oxygens (including phenoxy) is 4. The highest BCUT2D eigenvalue weighted by Crippen LogP contribution is 2.39. The average molecular weight is 1150 g/mol. The zero-order chi connectivity index (χ0) is 56.9. The molecule has 1 saturated heterocycles. The molecule has 0 unspecified atom stereocenters. The van der Waals surface area contributed by atoms with Crippen LogP contribution in [-0.2, 0) is 35.1 Å². The largest absolute Gasteiger partial charge is 0.406 e. The number of halogens is 4. The predicted octanol–water partition coefficient (Wildman–Crippen LogP) is 8.88. The lowest BCUT2D eigenvalue weighted by Gasteiger charge is -2.32. The van der Waals surface area contributed by atoms with Gasteiger partial charge in [-0.3, -0.25) is 35.2 Å². The van der Waals surface area contributed by atoms with Gasteiger partial charge >= 0.3 is 6.18 Å². The minimum atomic E-state index is -4.41. The normalized spacial score (nSPS) is 13.9. The van der Waals surface area contributed by atoms with Crippen LogP contribution in [0, 0.1) is 36.5 Å². The van der Waals surface area contributed by atoms with Gasteiger partial charge in [-0.1, -0.05) is 55.8 Å². The van der Waals surface area contributed by atoms with Gasteiger partial charge in [0, 0.05) is 76.9 Å². The number of fused-ring (bicyclic) bond motifs is 2. The van der Waals surface area contributed by atoms with Crippen molar-refractivity contribution < 1.29 is 41.7 Å². The van der Waals surface area contributed by atoms with Crippen molar-refractivity contribution in [3.05, 3.63) is 105 Å². The number of benzene rings is 3. The Hall–Kier alpha value is -5.88. The fraction of sp³-hybridized carbons (Fsp3) is 0.456. The van der Waals surface area contributed by atoms with Gasteiger partial charge in [0.1, 0.15) is 23.2 Å². The monoisotopic (exact) mass is 1150 g/mol. The van der Waals surface area contributed by atoms with Crippen LogP contribution in [0.4, 0.5) is 29.5 Å². The lowest BCUT2D eigenvalue weighted by molar-refractivity contribution is -0.140. The third-order valence-electron chi connectivity index (χ3n) is 12.8.